The second-order valence-corrected chi connectivity index (χ2v) is 15.8. The number of amides is 1. The van der Waals surface area contributed by atoms with E-state index < -0.39 is 8.32 Å². The van der Waals surface area contributed by atoms with E-state index >= 15 is 4.39 Å². The second kappa shape index (κ2) is 10.9. The van der Waals surface area contributed by atoms with Gasteiger partial charge in [-0.2, -0.15) is 0 Å². The van der Waals surface area contributed by atoms with Crippen LogP contribution in [0.1, 0.15) is 58.9 Å². The number of nitrogens with zero attached hydrogens (tertiary/aromatic N) is 2. The summed E-state index contributed by atoms with van der Waals surface area (Å²) in [5, 5.41) is 0.0895. The molecule has 1 aliphatic heterocycles. The Labute approximate surface area is 200 Å². The van der Waals surface area contributed by atoms with Gasteiger partial charge in [0, 0.05) is 44.3 Å². The van der Waals surface area contributed by atoms with Crippen molar-refractivity contribution in [1.82, 2.24) is 4.90 Å². The summed E-state index contributed by atoms with van der Waals surface area (Å²) in [6.07, 6.45) is 4.08. The van der Waals surface area contributed by atoms with Gasteiger partial charge in [-0.1, -0.05) is 32.9 Å². The van der Waals surface area contributed by atoms with E-state index in [1.807, 2.05) is 30.0 Å². The normalized spacial score (nSPS) is 22.5. The van der Waals surface area contributed by atoms with Gasteiger partial charge in [-0.25, -0.2) is 4.39 Å². The van der Waals surface area contributed by atoms with E-state index in [1.54, 1.807) is 0 Å². The molecule has 0 spiro atoms. The minimum atomic E-state index is -1.95. The highest BCUT2D eigenvalue weighted by Crippen LogP contribution is 2.37. The van der Waals surface area contributed by atoms with E-state index in [-0.39, 0.29) is 22.7 Å². The zero-order valence-corrected chi connectivity index (χ0v) is 22.5. The Morgan fingerprint density at radius 1 is 1.09 bits per heavy atom. The van der Waals surface area contributed by atoms with Gasteiger partial charge in [0.25, 0.3) is 0 Å². The lowest BCUT2D eigenvalue weighted by Gasteiger charge is -2.39. The van der Waals surface area contributed by atoms with Crippen molar-refractivity contribution in [2.24, 2.45) is 5.92 Å². The van der Waals surface area contributed by atoms with Crippen molar-refractivity contribution in [2.45, 2.75) is 84.2 Å². The van der Waals surface area contributed by atoms with Crippen LogP contribution in [0.3, 0.4) is 0 Å². The number of hydrogen-bond donors (Lipinski definition) is 0. The first kappa shape index (κ1) is 26.2. The number of benzene rings is 1. The Morgan fingerprint density at radius 3 is 2.30 bits per heavy atom. The van der Waals surface area contributed by atoms with Gasteiger partial charge in [-0.15, -0.1) is 0 Å². The van der Waals surface area contributed by atoms with Crippen LogP contribution in [0.2, 0.25) is 18.1 Å². The van der Waals surface area contributed by atoms with E-state index in [1.165, 1.54) is 0 Å². The lowest BCUT2D eigenvalue weighted by molar-refractivity contribution is -0.137. The van der Waals surface area contributed by atoms with Crippen molar-refractivity contribution < 1.29 is 18.3 Å². The topological polar surface area (TPSA) is 42.0 Å². The Hall–Kier alpha value is -1.44. The number of piperazine rings is 1. The zero-order chi connectivity index (χ0) is 24.2. The van der Waals surface area contributed by atoms with Crippen LogP contribution in [-0.2, 0) is 20.6 Å². The largest absolute Gasteiger partial charge is 0.412 e. The lowest BCUT2D eigenvalue weighted by Crippen LogP contribution is -2.51. The molecule has 0 bridgehead atoms. The van der Waals surface area contributed by atoms with Crippen LogP contribution in [0.15, 0.2) is 18.2 Å². The second-order valence-electron chi connectivity index (χ2n) is 11.0. The zero-order valence-electron chi connectivity index (χ0n) is 21.5. The number of rotatable bonds is 7. The molecule has 5 nitrogen and oxygen atoms in total. The Morgan fingerprint density at radius 2 is 1.73 bits per heavy atom. The van der Waals surface area contributed by atoms with Crippen molar-refractivity contribution in [3.8, 4) is 0 Å². The van der Waals surface area contributed by atoms with Crippen LogP contribution < -0.4 is 4.90 Å². The van der Waals surface area contributed by atoms with Crippen LogP contribution in [0.4, 0.5) is 10.1 Å². The smallest absolute Gasteiger partial charge is 0.225 e. The molecule has 0 radical (unpaired) electrons. The summed E-state index contributed by atoms with van der Waals surface area (Å²) in [7, 11) is -1.95. The molecule has 7 heteroatoms. The molecule has 1 saturated carbocycles. The van der Waals surface area contributed by atoms with Crippen LogP contribution in [0, 0.1) is 11.7 Å². The summed E-state index contributed by atoms with van der Waals surface area (Å²) in [6, 6.07) is 5.58. The minimum Gasteiger partial charge on any atom is -0.412 e. The maximum absolute atomic E-state index is 15.4. The molecule has 1 aromatic rings. The Bertz CT molecular complexity index is 795. The van der Waals surface area contributed by atoms with Gasteiger partial charge in [0.15, 0.2) is 14.1 Å². The molecular weight excluding hydrogens is 435 g/mol. The summed E-state index contributed by atoms with van der Waals surface area (Å²) in [5.41, 5.74) is 1.23. The van der Waals surface area contributed by atoms with Gasteiger partial charge in [0.05, 0.1) is 18.4 Å². The van der Waals surface area contributed by atoms with Gasteiger partial charge in [0.2, 0.25) is 5.91 Å². The quantitative estimate of drug-likeness (QED) is 0.479. The highest BCUT2D eigenvalue weighted by molar-refractivity contribution is 6.74. The van der Waals surface area contributed by atoms with E-state index in [0.717, 1.165) is 32.3 Å². The van der Waals surface area contributed by atoms with Crippen molar-refractivity contribution in [3.63, 3.8) is 0 Å². The van der Waals surface area contributed by atoms with E-state index in [0.29, 0.717) is 50.1 Å². The number of hydrogen-bond acceptors (Lipinski definition) is 4. The maximum atomic E-state index is 15.4. The predicted octanol–water partition coefficient (Wildman–Crippen LogP) is 5.59. The molecule has 2 aliphatic rings. The summed E-state index contributed by atoms with van der Waals surface area (Å²) in [4.78, 5) is 17.1. The van der Waals surface area contributed by atoms with Crippen LogP contribution in [0.25, 0.3) is 0 Å². The third-order valence-corrected chi connectivity index (χ3v) is 12.3. The van der Waals surface area contributed by atoms with Crippen LogP contribution >= 0.6 is 0 Å². The molecule has 1 saturated heterocycles. The van der Waals surface area contributed by atoms with Crippen molar-refractivity contribution in [3.05, 3.63) is 29.6 Å². The monoisotopic (exact) mass is 478 g/mol. The SMILES string of the molecule is CCOC1CCC(C(=O)N2CCN(c3cccc(CO[Si](C)(C)C(C)(C)C)c3F)CC2)CC1. The molecule has 0 atom stereocenters. The minimum absolute atomic E-state index is 0.0895. The molecule has 0 N–H and O–H groups in total. The summed E-state index contributed by atoms with van der Waals surface area (Å²) in [5.74, 6) is 0.188. The molecule has 2 fully saturated rings. The third-order valence-electron chi connectivity index (χ3n) is 7.81. The molecule has 186 valence electrons. The van der Waals surface area contributed by atoms with E-state index in [9.17, 15) is 4.79 Å². The first-order valence-electron chi connectivity index (χ1n) is 12.6. The van der Waals surface area contributed by atoms with E-state index in [2.05, 4.69) is 38.8 Å². The summed E-state index contributed by atoms with van der Waals surface area (Å²) < 4.78 is 27.4. The third kappa shape index (κ3) is 6.37. The van der Waals surface area contributed by atoms with Gasteiger partial charge in [-0.3, -0.25) is 4.79 Å². The lowest BCUT2D eigenvalue weighted by atomic mass is 9.86. The Kier molecular flexibility index (Phi) is 8.62. The van der Waals surface area contributed by atoms with Crippen molar-refractivity contribution in [1.29, 1.82) is 0 Å². The molecule has 3 rings (SSSR count). The highest BCUT2D eigenvalue weighted by Gasteiger charge is 2.37. The molecule has 1 aromatic carbocycles. The van der Waals surface area contributed by atoms with Gasteiger partial charge in [-0.05, 0) is 56.8 Å². The first-order valence-corrected chi connectivity index (χ1v) is 15.5. The molecule has 0 unspecified atom stereocenters. The molecule has 1 heterocycles. The summed E-state index contributed by atoms with van der Waals surface area (Å²) in [6.45, 7) is 16.6. The fourth-order valence-electron chi connectivity index (χ4n) is 4.53. The number of carbonyl (C=O) groups excluding carboxylic acids is 1. The maximum Gasteiger partial charge on any atom is 0.225 e. The fourth-order valence-corrected chi connectivity index (χ4v) is 5.48. The number of halogens is 1. The Balaban J connectivity index is 1.55. The average Bonchev–Trinajstić information content (AvgIpc) is 2.78. The van der Waals surface area contributed by atoms with Crippen LogP contribution in [-0.4, -0.2) is 58.0 Å². The van der Waals surface area contributed by atoms with Gasteiger partial charge >= 0.3 is 0 Å². The molecular formula is C26H43FN2O3Si. The highest BCUT2D eigenvalue weighted by atomic mass is 28.4. The van der Waals surface area contributed by atoms with Crippen molar-refractivity contribution in [2.75, 3.05) is 37.7 Å². The summed E-state index contributed by atoms with van der Waals surface area (Å²) >= 11 is 0. The number of ether oxygens (including phenoxy) is 1. The molecule has 1 amide bonds. The molecule has 33 heavy (non-hydrogen) atoms. The molecule has 1 aliphatic carbocycles. The number of anilines is 1. The standard InChI is InChI=1S/C26H43FN2O3Si/c1-7-31-22-13-11-20(12-14-22)25(30)29-17-15-28(16-18-29)23-10-8-9-21(24(23)27)19-32-33(5,6)26(2,3)4/h8-10,20,22H,7,11-19H2,1-6H3. The number of carbonyl (C=O) groups is 1. The van der Waals surface area contributed by atoms with Crippen LogP contribution in [0.5, 0.6) is 0 Å². The molecule has 0 aromatic heterocycles. The van der Waals surface area contributed by atoms with Gasteiger partial charge < -0.3 is 19.0 Å². The van der Waals surface area contributed by atoms with Crippen molar-refractivity contribution >= 4 is 19.9 Å². The van der Waals surface area contributed by atoms with Gasteiger partial charge in [0.1, 0.15) is 0 Å². The van der Waals surface area contributed by atoms with E-state index in [4.69, 9.17) is 9.16 Å². The first-order chi connectivity index (χ1) is 15.5. The predicted molar refractivity (Wildman–Crippen MR) is 135 cm³/mol. The average molecular weight is 479 g/mol. The fraction of sp³-hybridized carbons (Fsp3) is 0.731.